The summed E-state index contributed by atoms with van der Waals surface area (Å²) in [4.78, 5) is 4.89. The fraction of sp³-hybridized carbons (Fsp3) is 0.536. The molecule has 5 fully saturated rings. The molecule has 0 amide bonds. The Morgan fingerprint density at radius 2 is 1.47 bits per heavy atom. The smallest absolute Gasteiger partial charge is 0.128 e. The van der Waals surface area contributed by atoms with E-state index in [-0.39, 0.29) is 5.41 Å². The van der Waals surface area contributed by atoms with E-state index in [0.29, 0.717) is 11.8 Å². The largest absolute Gasteiger partial charge is 0.507 e. The van der Waals surface area contributed by atoms with Gasteiger partial charge in [0, 0.05) is 23.4 Å². The molecule has 7 rings (SSSR count). The van der Waals surface area contributed by atoms with Crippen LogP contribution < -0.4 is 0 Å². The van der Waals surface area contributed by atoms with E-state index >= 15 is 0 Å². The van der Waals surface area contributed by atoms with E-state index in [1.807, 2.05) is 6.21 Å². The Morgan fingerprint density at radius 1 is 0.833 bits per heavy atom. The summed E-state index contributed by atoms with van der Waals surface area (Å²) in [5.41, 5.74) is 4.79. The minimum absolute atomic E-state index is 0.180. The molecular formula is C28H33NO. The van der Waals surface area contributed by atoms with Crippen LogP contribution in [0.3, 0.4) is 0 Å². The third kappa shape index (κ3) is 3.20. The van der Waals surface area contributed by atoms with Gasteiger partial charge in [-0.1, -0.05) is 43.2 Å². The Bertz CT molecular complexity index is 919. The molecule has 0 heterocycles. The first-order chi connectivity index (χ1) is 14.7. The quantitative estimate of drug-likeness (QED) is 0.558. The van der Waals surface area contributed by atoms with Gasteiger partial charge < -0.3 is 5.11 Å². The number of phenols is 1. The Morgan fingerprint density at radius 3 is 2.10 bits per heavy atom. The van der Waals surface area contributed by atoms with Crippen molar-refractivity contribution in [3.05, 3.63) is 53.6 Å². The number of nitrogens with zero attached hydrogens (tertiary/aromatic N) is 1. The zero-order chi connectivity index (χ0) is 20.1. The summed E-state index contributed by atoms with van der Waals surface area (Å²) in [7, 11) is 0. The van der Waals surface area contributed by atoms with Crippen molar-refractivity contribution in [1.82, 2.24) is 0 Å². The summed E-state index contributed by atoms with van der Waals surface area (Å²) >= 11 is 0. The predicted molar refractivity (Wildman–Crippen MR) is 123 cm³/mol. The van der Waals surface area contributed by atoms with Crippen LogP contribution in [0.1, 0.15) is 75.3 Å². The normalized spacial score (nSPS) is 33.0. The van der Waals surface area contributed by atoms with Crippen LogP contribution in [0.2, 0.25) is 0 Å². The fourth-order valence-corrected chi connectivity index (χ4v) is 7.64. The second-order valence-corrected chi connectivity index (χ2v) is 10.7. The highest BCUT2D eigenvalue weighted by molar-refractivity contribution is 5.87. The van der Waals surface area contributed by atoms with Crippen LogP contribution in [-0.2, 0) is 5.41 Å². The van der Waals surface area contributed by atoms with Crippen molar-refractivity contribution in [2.45, 2.75) is 75.7 Å². The lowest BCUT2D eigenvalue weighted by Gasteiger charge is -2.57. The molecule has 0 unspecified atom stereocenters. The lowest BCUT2D eigenvalue weighted by molar-refractivity contribution is -0.00611. The van der Waals surface area contributed by atoms with Crippen molar-refractivity contribution in [2.24, 2.45) is 22.7 Å². The van der Waals surface area contributed by atoms with E-state index in [1.165, 1.54) is 80.9 Å². The molecule has 0 atom stereocenters. The van der Waals surface area contributed by atoms with E-state index in [9.17, 15) is 5.11 Å². The van der Waals surface area contributed by atoms with Gasteiger partial charge in [0.2, 0.25) is 0 Å². The molecule has 4 bridgehead atoms. The summed E-state index contributed by atoms with van der Waals surface area (Å²) < 4.78 is 0. The van der Waals surface area contributed by atoms with Crippen LogP contribution in [0.15, 0.2) is 47.5 Å². The van der Waals surface area contributed by atoms with Gasteiger partial charge in [0.25, 0.3) is 0 Å². The Hall–Kier alpha value is -2.09. The molecule has 156 valence electrons. The van der Waals surface area contributed by atoms with Crippen molar-refractivity contribution in [1.29, 1.82) is 0 Å². The number of hydrogen-bond donors (Lipinski definition) is 1. The highest BCUT2D eigenvalue weighted by atomic mass is 16.3. The lowest BCUT2D eigenvalue weighted by Crippen LogP contribution is -2.48. The van der Waals surface area contributed by atoms with Gasteiger partial charge in [-0.2, -0.15) is 0 Å². The molecule has 2 nitrogen and oxygen atoms in total. The first-order valence-corrected chi connectivity index (χ1v) is 12.1. The monoisotopic (exact) mass is 399 g/mol. The van der Waals surface area contributed by atoms with E-state index < -0.39 is 0 Å². The van der Waals surface area contributed by atoms with Crippen molar-refractivity contribution in [3.8, 4) is 16.9 Å². The molecule has 0 aromatic heterocycles. The maximum Gasteiger partial charge on any atom is 0.128 e. The minimum Gasteiger partial charge on any atom is -0.507 e. The van der Waals surface area contributed by atoms with E-state index in [1.54, 1.807) is 0 Å². The highest BCUT2D eigenvalue weighted by Crippen LogP contribution is 2.62. The van der Waals surface area contributed by atoms with Gasteiger partial charge in [-0.25, -0.2) is 0 Å². The molecule has 5 saturated carbocycles. The highest BCUT2D eigenvalue weighted by Gasteiger charge is 2.52. The third-order valence-corrected chi connectivity index (χ3v) is 8.61. The third-order valence-electron chi connectivity index (χ3n) is 8.61. The molecular weight excluding hydrogens is 366 g/mol. The second kappa shape index (κ2) is 7.25. The summed E-state index contributed by atoms with van der Waals surface area (Å²) in [6.07, 6.45) is 15.0. The molecule has 30 heavy (non-hydrogen) atoms. The molecule has 5 aliphatic rings. The summed E-state index contributed by atoms with van der Waals surface area (Å²) in [6, 6.07) is 15.6. The van der Waals surface area contributed by atoms with Gasteiger partial charge in [0.1, 0.15) is 5.75 Å². The lowest BCUT2D eigenvalue weighted by atomic mass is 9.48. The molecule has 0 radical (unpaired) electrons. The molecule has 0 spiro atoms. The van der Waals surface area contributed by atoms with Crippen LogP contribution in [0, 0.1) is 17.8 Å². The molecule has 2 aromatic carbocycles. The van der Waals surface area contributed by atoms with Crippen LogP contribution in [0.4, 0.5) is 0 Å². The maximum atomic E-state index is 11.5. The van der Waals surface area contributed by atoms with Gasteiger partial charge in [-0.15, -0.1) is 0 Å². The van der Waals surface area contributed by atoms with Gasteiger partial charge in [0.15, 0.2) is 0 Å². The van der Waals surface area contributed by atoms with Crippen molar-refractivity contribution in [3.63, 3.8) is 0 Å². The van der Waals surface area contributed by atoms with Crippen LogP contribution in [0.5, 0.6) is 5.75 Å². The average molecular weight is 400 g/mol. The molecule has 1 N–H and O–H groups in total. The molecule has 2 heteroatoms. The first-order valence-electron chi connectivity index (χ1n) is 12.1. The van der Waals surface area contributed by atoms with Gasteiger partial charge in [-0.05, 0) is 97.8 Å². The number of hydrogen-bond acceptors (Lipinski definition) is 2. The van der Waals surface area contributed by atoms with Crippen molar-refractivity contribution < 1.29 is 5.11 Å². The molecule has 5 aliphatic carbocycles. The summed E-state index contributed by atoms with van der Waals surface area (Å²) in [6.45, 7) is 0. The molecule has 0 aliphatic heterocycles. The standard InChI is InChI=1S/C28H33NO/c30-27-24(18-29-25-8-4-5-9-25)13-23(22-6-2-1-3-7-22)14-26(27)28-15-19-10-20(16-28)12-21(11-19)17-28/h1-3,6-7,13-14,18-21,25,30H,4-5,8-12,15-17H2. The van der Waals surface area contributed by atoms with Crippen LogP contribution in [-0.4, -0.2) is 17.4 Å². The zero-order valence-corrected chi connectivity index (χ0v) is 17.9. The SMILES string of the molecule is Oc1c(C=NC2CCCC2)cc(-c2ccccc2)cc1C12CC3CC(CC(C3)C1)C2. The van der Waals surface area contributed by atoms with E-state index in [4.69, 9.17) is 4.99 Å². The Labute approximate surface area is 180 Å². The minimum atomic E-state index is 0.180. The van der Waals surface area contributed by atoms with Gasteiger partial charge in [0.05, 0.1) is 0 Å². The van der Waals surface area contributed by atoms with Crippen molar-refractivity contribution >= 4 is 6.21 Å². The zero-order valence-electron chi connectivity index (χ0n) is 17.9. The Balaban J connectivity index is 1.46. The number of benzene rings is 2. The van der Waals surface area contributed by atoms with E-state index in [2.05, 4.69) is 42.5 Å². The maximum absolute atomic E-state index is 11.5. The summed E-state index contributed by atoms with van der Waals surface area (Å²) in [5.74, 6) is 3.11. The molecule has 0 saturated heterocycles. The number of aliphatic imine (C=N–C) groups is 1. The average Bonchev–Trinajstić information content (AvgIpc) is 3.26. The predicted octanol–water partition coefficient (Wildman–Crippen LogP) is 6.89. The van der Waals surface area contributed by atoms with Gasteiger partial charge in [-0.3, -0.25) is 4.99 Å². The van der Waals surface area contributed by atoms with Gasteiger partial charge >= 0.3 is 0 Å². The summed E-state index contributed by atoms with van der Waals surface area (Å²) in [5, 5.41) is 11.5. The molecule has 2 aromatic rings. The number of rotatable bonds is 4. The fourth-order valence-electron chi connectivity index (χ4n) is 7.64. The first kappa shape index (κ1) is 18.7. The van der Waals surface area contributed by atoms with Crippen molar-refractivity contribution in [2.75, 3.05) is 0 Å². The number of aromatic hydroxyl groups is 1. The topological polar surface area (TPSA) is 32.6 Å². The second-order valence-electron chi connectivity index (χ2n) is 10.7. The van der Waals surface area contributed by atoms with Crippen LogP contribution in [0.25, 0.3) is 11.1 Å². The Kier molecular flexibility index (Phi) is 4.51. The van der Waals surface area contributed by atoms with E-state index in [0.717, 1.165) is 23.3 Å². The number of phenolic OH excluding ortho intramolecular Hbond substituents is 1. The van der Waals surface area contributed by atoms with Crippen LogP contribution >= 0.6 is 0 Å².